The van der Waals surface area contributed by atoms with Crippen molar-refractivity contribution in [1.82, 2.24) is 14.8 Å². The quantitative estimate of drug-likeness (QED) is 0.609. The largest absolute Gasteiger partial charge is 0.497 e. The van der Waals surface area contributed by atoms with Gasteiger partial charge in [-0.3, -0.25) is 9.69 Å². The van der Waals surface area contributed by atoms with Crippen LogP contribution in [-0.4, -0.2) is 60.8 Å². The number of hydrogen-bond acceptors (Lipinski definition) is 7. The number of nitrogens with zero attached hydrogens (tertiary/aromatic N) is 3. The molecule has 0 radical (unpaired) electrons. The molecule has 0 N–H and O–H groups in total. The third-order valence-electron chi connectivity index (χ3n) is 5.55. The van der Waals surface area contributed by atoms with Crippen LogP contribution in [0.25, 0.3) is 10.6 Å². The number of hydrogen-bond donors (Lipinski definition) is 0. The lowest BCUT2D eigenvalue weighted by atomic mass is 10.1. The highest BCUT2D eigenvalue weighted by Crippen LogP contribution is 2.33. The summed E-state index contributed by atoms with van der Waals surface area (Å²) in [6.45, 7) is 4.05. The third-order valence-corrected chi connectivity index (χ3v) is 6.49. The molecule has 5 rings (SSSR count). The number of amides is 1. The summed E-state index contributed by atoms with van der Waals surface area (Å²) >= 11 is 1.65. The van der Waals surface area contributed by atoms with Gasteiger partial charge < -0.3 is 19.1 Å². The lowest BCUT2D eigenvalue weighted by Crippen LogP contribution is -2.48. The van der Waals surface area contributed by atoms with Gasteiger partial charge in [-0.05, 0) is 42.5 Å². The fourth-order valence-corrected chi connectivity index (χ4v) is 4.61. The van der Waals surface area contributed by atoms with Gasteiger partial charge in [0.15, 0.2) is 11.5 Å². The fraction of sp³-hybridized carbons (Fsp3) is 0.304. The summed E-state index contributed by atoms with van der Waals surface area (Å²) in [5, 5.41) is 3.12. The number of rotatable bonds is 5. The van der Waals surface area contributed by atoms with Gasteiger partial charge in [-0.15, -0.1) is 11.3 Å². The molecule has 0 saturated carbocycles. The van der Waals surface area contributed by atoms with E-state index in [4.69, 9.17) is 19.2 Å². The van der Waals surface area contributed by atoms with Crippen molar-refractivity contribution in [3.8, 4) is 27.8 Å². The predicted octanol–water partition coefficient (Wildman–Crippen LogP) is 3.51. The van der Waals surface area contributed by atoms with E-state index in [0.717, 1.165) is 41.6 Å². The molecular weight excluding hydrogens is 414 g/mol. The van der Waals surface area contributed by atoms with Crippen molar-refractivity contribution in [2.45, 2.75) is 6.54 Å². The molecule has 0 bridgehead atoms. The summed E-state index contributed by atoms with van der Waals surface area (Å²) < 4.78 is 15.9. The van der Waals surface area contributed by atoms with E-state index in [1.165, 1.54) is 0 Å². The smallest absolute Gasteiger partial charge is 0.254 e. The number of piperazine rings is 1. The molecule has 1 saturated heterocycles. The molecule has 0 spiro atoms. The van der Waals surface area contributed by atoms with E-state index < -0.39 is 0 Å². The van der Waals surface area contributed by atoms with Gasteiger partial charge in [0.1, 0.15) is 10.8 Å². The van der Waals surface area contributed by atoms with Crippen LogP contribution in [0.5, 0.6) is 17.2 Å². The maximum atomic E-state index is 12.9. The Morgan fingerprint density at radius 2 is 1.84 bits per heavy atom. The minimum Gasteiger partial charge on any atom is -0.497 e. The minimum atomic E-state index is 0.0356. The maximum Gasteiger partial charge on any atom is 0.254 e. The zero-order chi connectivity index (χ0) is 21.2. The summed E-state index contributed by atoms with van der Waals surface area (Å²) in [7, 11) is 1.67. The van der Waals surface area contributed by atoms with Gasteiger partial charge in [-0.2, -0.15) is 0 Å². The Kier molecular flexibility index (Phi) is 5.48. The Bertz CT molecular complexity index is 1070. The molecule has 8 heteroatoms. The number of thiazole rings is 1. The van der Waals surface area contributed by atoms with Crippen molar-refractivity contribution in [1.29, 1.82) is 0 Å². The first kappa shape index (κ1) is 19.8. The van der Waals surface area contributed by atoms with Gasteiger partial charge in [-0.25, -0.2) is 4.98 Å². The molecule has 0 aliphatic carbocycles. The Morgan fingerprint density at radius 1 is 1.06 bits per heavy atom. The fourth-order valence-electron chi connectivity index (χ4n) is 3.80. The number of aromatic nitrogens is 1. The van der Waals surface area contributed by atoms with Crippen LogP contribution in [0.1, 0.15) is 16.1 Å². The molecule has 1 aromatic heterocycles. The Morgan fingerprint density at radius 3 is 2.61 bits per heavy atom. The highest BCUT2D eigenvalue weighted by molar-refractivity contribution is 7.13. The minimum absolute atomic E-state index is 0.0356. The van der Waals surface area contributed by atoms with Crippen molar-refractivity contribution in [2.75, 3.05) is 40.1 Å². The molecule has 2 aliphatic rings. The van der Waals surface area contributed by atoms with Gasteiger partial charge in [0, 0.05) is 49.2 Å². The molecule has 160 valence electrons. The van der Waals surface area contributed by atoms with Crippen LogP contribution in [0.3, 0.4) is 0 Å². The number of methoxy groups -OCH3 is 1. The molecule has 2 aliphatic heterocycles. The number of carbonyl (C=O) groups is 1. The first-order chi connectivity index (χ1) is 15.2. The SMILES string of the molecule is COc1ccc(-c2nc(CN3CCN(C(=O)c4ccc5c(c4)OCO5)CC3)cs2)cc1. The Labute approximate surface area is 184 Å². The normalized spacial score (nSPS) is 15.8. The predicted molar refractivity (Wildman–Crippen MR) is 118 cm³/mol. The van der Waals surface area contributed by atoms with Crippen molar-refractivity contribution >= 4 is 17.2 Å². The standard InChI is InChI=1S/C23H23N3O4S/c1-28-19-5-2-16(3-6-19)22-24-18(14-31-22)13-25-8-10-26(11-9-25)23(27)17-4-7-20-21(12-17)30-15-29-20/h2-7,12,14H,8-11,13,15H2,1H3. The molecule has 2 aromatic carbocycles. The summed E-state index contributed by atoms with van der Waals surface area (Å²) in [5.41, 5.74) is 2.80. The van der Waals surface area contributed by atoms with Crippen molar-refractivity contribution < 1.29 is 19.0 Å². The molecule has 3 aromatic rings. The first-order valence-electron chi connectivity index (χ1n) is 10.2. The Hall–Kier alpha value is -3.10. The van der Waals surface area contributed by atoms with Crippen molar-refractivity contribution in [3.05, 3.63) is 59.1 Å². The zero-order valence-electron chi connectivity index (χ0n) is 17.2. The Balaban J connectivity index is 1.17. The van der Waals surface area contributed by atoms with E-state index in [9.17, 15) is 4.79 Å². The van der Waals surface area contributed by atoms with Crippen molar-refractivity contribution in [2.24, 2.45) is 0 Å². The van der Waals surface area contributed by atoms with E-state index >= 15 is 0 Å². The molecule has 1 fully saturated rings. The molecule has 7 nitrogen and oxygen atoms in total. The number of ether oxygens (including phenoxy) is 3. The second kappa shape index (κ2) is 8.56. The van der Waals surface area contributed by atoms with Crippen LogP contribution < -0.4 is 14.2 Å². The molecule has 31 heavy (non-hydrogen) atoms. The van der Waals surface area contributed by atoms with E-state index in [2.05, 4.69) is 10.3 Å². The molecule has 0 atom stereocenters. The highest BCUT2D eigenvalue weighted by atomic mass is 32.1. The van der Waals surface area contributed by atoms with E-state index in [0.29, 0.717) is 30.2 Å². The summed E-state index contributed by atoms with van der Waals surface area (Å²) in [5.74, 6) is 2.21. The number of carbonyl (C=O) groups excluding carboxylic acids is 1. The van der Waals surface area contributed by atoms with E-state index in [-0.39, 0.29) is 12.7 Å². The van der Waals surface area contributed by atoms with Crippen LogP contribution in [0.4, 0.5) is 0 Å². The summed E-state index contributed by atoms with van der Waals surface area (Å²) in [6, 6.07) is 13.3. The highest BCUT2D eigenvalue weighted by Gasteiger charge is 2.24. The second-order valence-electron chi connectivity index (χ2n) is 7.51. The molecule has 1 amide bonds. The van der Waals surface area contributed by atoms with E-state index in [1.54, 1.807) is 36.6 Å². The molecule has 3 heterocycles. The molecular formula is C23H23N3O4S. The maximum absolute atomic E-state index is 12.9. The average molecular weight is 438 g/mol. The van der Waals surface area contributed by atoms with Gasteiger partial charge >= 0.3 is 0 Å². The topological polar surface area (TPSA) is 64.1 Å². The summed E-state index contributed by atoms with van der Waals surface area (Å²) in [4.78, 5) is 21.9. The van der Waals surface area contributed by atoms with Gasteiger partial charge in [0.2, 0.25) is 6.79 Å². The second-order valence-corrected chi connectivity index (χ2v) is 8.37. The number of benzene rings is 2. The monoisotopic (exact) mass is 437 g/mol. The van der Waals surface area contributed by atoms with Crippen LogP contribution in [0.15, 0.2) is 47.8 Å². The van der Waals surface area contributed by atoms with Gasteiger partial charge in [0.05, 0.1) is 12.8 Å². The average Bonchev–Trinajstić information content (AvgIpc) is 3.48. The van der Waals surface area contributed by atoms with Crippen LogP contribution in [-0.2, 0) is 6.54 Å². The van der Waals surface area contributed by atoms with Crippen LogP contribution >= 0.6 is 11.3 Å². The van der Waals surface area contributed by atoms with Gasteiger partial charge in [-0.1, -0.05) is 0 Å². The first-order valence-corrected chi connectivity index (χ1v) is 11.1. The van der Waals surface area contributed by atoms with Gasteiger partial charge in [0.25, 0.3) is 5.91 Å². The lowest BCUT2D eigenvalue weighted by molar-refractivity contribution is 0.0627. The van der Waals surface area contributed by atoms with E-state index in [1.807, 2.05) is 29.2 Å². The lowest BCUT2D eigenvalue weighted by Gasteiger charge is -2.34. The van der Waals surface area contributed by atoms with Crippen LogP contribution in [0.2, 0.25) is 0 Å². The third kappa shape index (κ3) is 4.22. The molecule has 0 unspecified atom stereocenters. The van der Waals surface area contributed by atoms with Crippen molar-refractivity contribution in [3.63, 3.8) is 0 Å². The van der Waals surface area contributed by atoms with Crippen LogP contribution in [0, 0.1) is 0 Å². The summed E-state index contributed by atoms with van der Waals surface area (Å²) in [6.07, 6.45) is 0. The number of fused-ring (bicyclic) bond motifs is 1. The zero-order valence-corrected chi connectivity index (χ0v) is 18.1.